The lowest BCUT2D eigenvalue weighted by atomic mass is 10.3. The standard InChI is InChI=1S/C14H15N5O3S3/c1-2-19-11-4-3-9(25(15,21)22)7-10(11)17-14(19)24-8-12(20)18-13-16-5-6-23-13/h3-7H,2,8H2,1H3,(H2,15,21,22)(H,16,18,20). The van der Waals surface area contributed by atoms with Gasteiger partial charge in [-0.15, -0.1) is 11.3 Å². The number of rotatable bonds is 6. The van der Waals surface area contributed by atoms with Crippen LogP contribution in [-0.4, -0.2) is 34.6 Å². The third-order valence-corrected chi connectivity index (χ3v) is 5.92. The summed E-state index contributed by atoms with van der Waals surface area (Å²) in [6.45, 7) is 2.59. The molecule has 2 heterocycles. The molecule has 11 heteroatoms. The molecule has 0 aliphatic carbocycles. The number of hydrogen-bond donors (Lipinski definition) is 2. The number of nitrogens with zero attached hydrogens (tertiary/aromatic N) is 3. The molecule has 0 unspecified atom stereocenters. The fourth-order valence-corrected chi connectivity index (χ4v) is 4.21. The van der Waals surface area contributed by atoms with Gasteiger partial charge in [0.2, 0.25) is 15.9 Å². The highest BCUT2D eigenvalue weighted by Crippen LogP contribution is 2.26. The van der Waals surface area contributed by atoms with Gasteiger partial charge in [-0.05, 0) is 25.1 Å². The second kappa shape index (κ2) is 7.12. The van der Waals surface area contributed by atoms with E-state index in [1.165, 1.54) is 35.2 Å². The minimum absolute atomic E-state index is 0.0128. The summed E-state index contributed by atoms with van der Waals surface area (Å²) in [6.07, 6.45) is 1.62. The van der Waals surface area contributed by atoms with Crippen LogP contribution in [0.4, 0.5) is 5.13 Å². The van der Waals surface area contributed by atoms with Crippen molar-refractivity contribution in [2.45, 2.75) is 23.5 Å². The van der Waals surface area contributed by atoms with Crippen LogP contribution >= 0.6 is 23.1 Å². The normalized spacial score (nSPS) is 11.8. The van der Waals surface area contributed by atoms with Crippen LogP contribution in [0, 0.1) is 0 Å². The van der Waals surface area contributed by atoms with E-state index in [9.17, 15) is 13.2 Å². The predicted molar refractivity (Wildman–Crippen MR) is 98.2 cm³/mol. The van der Waals surface area contributed by atoms with Gasteiger partial charge < -0.3 is 9.88 Å². The lowest BCUT2D eigenvalue weighted by Gasteiger charge is -2.05. The molecule has 132 valence electrons. The Labute approximate surface area is 152 Å². The quantitative estimate of drug-likeness (QED) is 0.613. The summed E-state index contributed by atoms with van der Waals surface area (Å²) in [7, 11) is -3.79. The van der Waals surface area contributed by atoms with Gasteiger partial charge in [0, 0.05) is 18.1 Å². The first-order chi connectivity index (χ1) is 11.9. The molecule has 1 aromatic carbocycles. The molecule has 3 rings (SSSR count). The molecule has 3 N–H and O–H groups in total. The molecule has 0 bridgehead atoms. The van der Waals surface area contributed by atoms with Crippen molar-refractivity contribution in [3.8, 4) is 0 Å². The maximum Gasteiger partial charge on any atom is 0.238 e. The summed E-state index contributed by atoms with van der Waals surface area (Å²) >= 11 is 2.62. The van der Waals surface area contributed by atoms with Crippen LogP contribution in [0.25, 0.3) is 11.0 Å². The van der Waals surface area contributed by atoms with E-state index in [-0.39, 0.29) is 16.6 Å². The summed E-state index contributed by atoms with van der Waals surface area (Å²) in [4.78, 5) is 20.4. The fraction of sp³-hybridized carbons (Fsp3) is 0.214. The van der Waals surface area contributed by atoms with Gasteiger partial charge in [0.25, 0.3) is 0 Å². The van der Waals surface area contributed by atoms with E-state index in [0.29, 0.717) is 22.3 Å². The average Bonchev–Trinajstić information content (AvgIpc) is 3.18. The molecule has 0 fully saturated rings. The number of aryl methyl sites for hydroxylation is 1. The third kappa shape index (κ3) is 4.00. The summed E-state index contributed by atoms with van der Waals surface area (Å²) < 4.78 is 24.9. The minimum Gasteiger partial charge on any atom is -0.319 e. The van der Waals surface area contributed by atoms with Crippen LogP contribution in [0.15, 0.2) is 39.8 Å². The number of thiazole rings is 1. The Morgan fingerprint density at radius 1 is 1.44 bits per heavy atom. The van der Waals surface area contributed by atoms with Crippen molar-refractivity contribution in [2.24, 2.45) is 5.14 Å². The van der Waals surface area contributed by atoms with E-state index in [0.717, 1.165) is 5.52 Å². The van der Waals surface area contributed by atoms with E-state index in [1.807, 2.05) is 11.5 Å². The van der Waals surface area contributed by atoms with Crippen LogP contribution in [-0.2, 0) is 21.4 Å². The van der Waals surface area contributed by atoms with Crippen molar-refractivity contribution in [1.82, 2.24) is 14.5 Å². The summed E-state index contributed by atoms with van der Waals surface area (Å²) in [5.41, 5.74) is 1.31. The first-order valence-electron chi connectivity index (χ1n) is 7.23. The monoisotopic (exact) mass is 397 g/mol. The van der Waals surface area contributed by atoms with Crippen LogP contribution < -0.4 is 10.5 Å². The van der Waals surface area contributed by atoms with Gasteiger partial charge in [-0.25, -0.2) is 23.5 Å². The maximum absolute atomic E-state index is 12.0. The molecular formula is C14H15N5O3S3. The molecule has 1 amide bonds. The minimum atomic E-state index is -3.79. The summed E-state index contributed by atoms with van der Waals surface area (Å²) in [5, 5.41) is 10.8. The van der Waals surface area contributed by atoms with E-state index < -0.39 is 10.0 Å². The zero-order valence-electron chi connectivity index (χ0n) is 13.2. The Balaban J connectivity index is 1.82. The van der Waals surface area contributed by atoms with E-state index in [4.69, 9.17) is 5.14 Å². The van der Waals surface area contributed by atoms with Gasteiger partial charge in [-0.2, -0.15) is 0 Å². The molecule has 0 radical (unpaired) electrons. The number of carbonyl (C=O) groups is 1. The van der Waals surface area contributed by atoms with Gasteiger partial charge in [0.1, 0.15) is 0 Å². The Morgan fingerprint density at radius 2 is 2.24 bits per heavy atom. The number of fused-ring (bicyclic) bond motifs is 1. The summed E-state index contributed by atoms with van der Waals surface area (Å²) in [6, 6.07) is 4.57. The Bertz CT molecular complexity index is 1010. The predicted octanol–water partition coefficient (Wildman–Crippen LogP) is 1.89. The molecule has 25 heavy (non-hydrogen) atoms. The van der Waals surface area contributed by atoms with Gasteiger partial charge in [-0.1, -0.05) is 11.8 Å². The first kappa shape index (κ1) is 17.9. The first-order valence-corrected chi connectivity index (χ1v) is 10.6. The molecule has 0 saturated carbocycles. The number of aromatic nitrogens is 3. The van der Waals surface area contributed by atoms with Crippen LogP contribution in [0.2, 0.25) is 0 Å². The van der Waals surface area contributed by atoms with E-state index in [1.54, 1.807) is 17.6 Å². The van der Waals surface area contributed by atoms with Crippen molar-refractivity contribution < 1.29 is 13.2 Å². The number of nitrogens with two attached hydrogens (primary N) is 1. The number of benzene rings is 1. The van der Waals surface area contributed by atoms with Crippen molar-refractivity contribution in [1.29, 1.82) is 0 Å². The highest BCUT2D eigenvalue weighted by molar-refractivity contribution is 7.99. The molecule has 0 aliphatic heterocycles. The molecule has 8 nitrogen and oxygen atoms in total. The zero-order valence-corrected chi connectivity index (χ0v) is 15.6. The van der Waals surface area contributed by atoms with Crippen molar-refractivity contribution in [3.05, 3.63) is 29.8 Å². The van der Waals surface area contributed by atoms with Gasteiger partial charge in [0.05, 0.1) is 21.7 Å². The molecule has 0 saturated heterocycles. The molecule has 0 spiro atoms. The third-order valence-electron chi connectivity index (χ3n) is 3.34. The van der Waals surface area contributed by atoms with Gasteiger partial charge in [-0.3, -0.25) is 4.79 Å². The smallest absolute Gasteiger partial charge is 0.238 e. The summed E-state index contributed by atoms with van der Waals surface area (Å²) in [5.74, 6) is -0.00909. The largest absolute Gasteiger partial charge is 0.319 e. The fourth-order valence-electron chi connectivity index (χ4n) is 2.25. The highest BCUT2D eigenvalue weighted by atomic mass is 32.2. The number of carbonyl (C=O) groups excluding carboxylic acids is 1. The van der Waals surface area contributed by atoms with Gasteiger partial charge >= 0.3 is 0 Å². The number of nitrogens with one attached hydrogen (secondary N) is 1. The van der Waals surface area contributed by atoms with Crippen molar-refractivity contribution in [2.75, 3.05) is 11.1 Å². The number of thioether (sulfide) groups is 1. The molecule has 0 aliphatic rings. The number of imidazole rings is 1. The van der Waals surface area contributed by atoms with Crippen LogP contribution in [0.1, 0.15) is 6.92 Å². The Kier molecular flexibility index (Phi) is 5.08. The number of amides is 1. The number of sulfonamides is 1. The zero-order chi connectivity index (χ0) is 18.0. The highest BCUT2D eigenvalue weighted by Gasteiger charge is 2.15. The number of hydrogen-bond acceptors (Lipinski definition) is 7. The SMILES string of the molecule is CCn1c(SCC(=O)Nc2nccs2)nc2cc(S(N)(=O)=O)ccc21. The second-order valence-electron chi connectivity index (χ2n) is 5.01. The lowest BCUT2D eigenvalue weighted by Crippen LogP contribution is -2.14. The molecule has 2 aromatic heterocycles. The molecule has 3 aromatic rings. The second-order valence-corrected chi connectivity index (χ2v) is 8.41. The lowest BCUT2D eigenvalue weighted by molar-refractivity contribution is -0.113. The molecule has 0 atom stereocenters. The molecular weight excluding hydrogens is 382 g/mol. The van der Waals surface area contributed by atoms with E-state index >= 15 is 0 Å². The average molecular weight is 398 g/mol. The Hall–Kier alpha value is -1.95. The van der Waals surface area contributed by atoms with Crippen molar-refractivity contribution in [3.63, 3.8) is 0 Å². The van der Waals surface area contributed by atoms with Crippen molar-refractivity contribution >= 4 is 55.2 Å². The number of anilines is 1. The van der Waals surface area contributed by atoms with Gasteiger partial charge in [0.15, 0.2) is 10.3 Å². The van der Waals surface area contributed by atoms with Crippen LogP contribution in [0.5, 0.6) is 0 Å². The topological polar surface area (TPSA) is 120 Å². The van der Waals surface area contributed by atoms with Crippen LogP contribution in [0.3, 0.4) is 0 Å². The Morgan fingerprint density at radius 3 is 2.88 bits per heavy atom. The maximum atomic E-state index is 12.0. The number of primary sulfonamides is 1. The van der Waals surface area contributed by atoms with E-state index in [2.05, 4.69) is 15.3 Å².